The molecule has 0 unspecified atom stereocenters. The molecule has 2 N–H and O–H groups in total. The first-order valence-corrected chi connectivity index (χ1v) is 7.06. The average Bonchev–Trinajstić information content (AvgIpc) is 2.56. The summed E-state index contributed by atoms with van der Waals surface area (Å²) in [4.78, 5) is 29.4. The van der Waals surface area contributed by atoms with Crippen molar-refractivity contribution in [3.8, 4) is 0 Å². The first-order chi connectivity index (χ1) is 10.7. The van der Waals surface area contributed by atoms with Gasteiger partial charge in [0.15, 0.2) is 0 Å². The van der Waals surface area contributed by atoms with E-state index in [2.05, 4.69) is 15.6 Å². The van der Waals surface area contributed by atoms with Crippen molar-refractivity contribution in [2.75, 3.05) is 29.9 Å². The number of rotatable bonds is 3. The van der Waals surface area contributed by atoms with Crippen molar-refractivity contribution in [1.29, 1.82) is 0 Å². The minimum absolute atomic E-state index is 0.0266. The Labute approximate surface area is 128 Å². The lowest BCUT2D eigenvalue weighted by atomic mass is 10.2. The third kappa shape index (κ3) is 3.22. The number of anilines is 2. The maximum Gasteiger partial charge on any atom is 0.274 e. The molecular weight excluding hydrogens is 280 g/mol. The molecule has 1 aliphatic heterocycles. The second-order valence-electron chi connectivity index (χ2n) is 4.99. The summed E-state index contributed by atoms with van der Waals surface area (Å²) in [6, 6.07) is 12.6. The number of hydrogen-bond donors (Lipinski definition) is 2. The molecular formula is C16H16N4O2. The van der Waals surface area contributed by atoms with Crippen molar-refractivity contribution >= 4 is 23.2 Å². The summed E-state index contributed by atoms with van der Waals surface area (Å²) in [5.41, 5.74) is 2.03. The van der Waals surface area contributed by atoms with Crippen LogP contribution in [0.4, 0.5) is 11.4 Å². The van der Waals surface area contributed by atoms with Gasteiger partial charge in [-0.25, -0.2) is 0 Å². The Kier molecular flexibility index (Phi) is 4.00. The molecule has 6 nitrogen and oxygen atoms in total. The van der Waals surface area contributed by atoms with Crippen LogP contribution in [0.5, 0.6) is 0 Å². The second kappa shape index (κ2) is 6.26. The maximum atomic E-state index is 12.0. The number of nitrogens with one attached hydrogen (secondary N) is 2. The number of pyridine rings is 1. The molecule has 112 valence electrons. The number of hydrogen-bond acceptors (Lipinski definition) is 4. The number of amides is 2. The largest absolute Gasteiger partial charge is 0.360 e. The summed E-state index contributed by atoms with van der Waals surface area (Å²) in [7, 11) is 0. The van der Waals surface area contributed by atoms with Gasteiger partial charge >= 0.3 is 0 Å². The van der Waals surface area contributed by atoms with Crippen LogP contribution in [0.2, 0.25) is 0 Å². The highest BCUT2D eigenvalue weighted by atomic mass is 16.2. The van der Waals surface area contributed by atoms with E-state index in [0.717, 1.165) is 12.2 Å². The molecule has 0 aliphatic carbocycles. The van der Waals surface area contributed by atoms with E-state index in [0.29, 0.717) is 24.5 Å². The van der Waals surface area contributed by atoms with E-state index >= 15 is 0 Å². The maximum absolute atomic E-state index is 12.0. The summed E-state index contributed by atoms with van der Waals surface area (Å²) in [5, 5.41) is 5.59. The molecule has 0 radical (unpaired) electrons. The average molecular weight is 296 g/mol. The Morgan fingerprint density at radius 3 is 2.68 bits per heavy atom. The summed E-state index contributed by atoms with van der Waals surface area (Å²) in [6.45, 7) is 1.79. The van der Waals surface area contributed by atoms with Crippen molar-refractivity contribution in [3.05, 3.63) is 54.4 Å². The van der Waals surface area contributed by atoms with Crippen LogP contribution >= 0.6 is 0 Å². The topological polar surface area (TPSA) is 74.3 Å². The molecule has 1 aromatic heterocycles. The number of benzene rings is 1. The molecule has 0 atom stereocenters. The van der Waals surface area contributed by atoms with Crippen molar-refractivity contribution in [2.45, 2.75) is 0 Å². The van der Waals surface area contributed by atoms with Crippen molar-refractivity contribution < 1.29 is 9.59 Å². The minimum Gasteiger partial charge on any atom is -0.360 e. The van der Waals surface area contributed by atoms with Gasteiger partial charge < -0.3 is 15.5 Å². The smallest absolute Gasteiger partial charge is 0.274 e. The van der Waals surface area contributed by atoms with Gasteiger partial charge in [0.25, 0.3) is 5.91 Å². The van der Waals surface area contributed by atoms with Crippen molar-refractivity contribution in [1.82, 2.24) is 10.3 Å². The Bertz CT molecular complexity index is 670. The monoisotopic (exact) mass is 296 g/mol. The molecule has 22 heavy (non-hydrogen) atoms. The Hall–Kier alpha value is -2.89. The summed E-state index contributed by atoms with van der Waals surface area (Å²) < 4.78 is 0. The van der Waals surface area contributed by atoms with E-state index in [1.165, 1.54) is 0 Å². The van der Waals surface area contributed by atoms with Crippen LogP contribution in [0.15, 0.2) is 48.7 Å². The molecule has 1 fully saturated rings. The summed E-state index contributed by atoms with van der Waals surface area (Å²) >= 11 is 0. The van der Waals surface area contributed by atoms with Gasteiger partial charge in [-0.1, -0.05) is 6.07 Å². The number of carbonyl (C=O) groups excluding carboxylic acids is 2. The van der Waals surface area contributed by atoms with E-state index in [-0.39, 0.29) is 11.8 Å². The molecule has 1 aliphatic rings. The molecule has 2 heterocycles. The lowest BCUT2D eigenvalue weighted by Gasteiger charge is -2.28. The number of carbonyl (C=O) groups is 2. The molecule has 0 spiro atoms. The fourth-order valence-corrected chi connectivity index (χ4v) is 2.31. The first kappa shape index (κ1) is 14.1. The van der Waals surface area contributed by atoms with Gasteiger partial charge in [0.1, 0.15) is 5.69 Å². The number of aromatic nitrogens is 1. The van der Waals surface area contributed by atoms with E-state index in [4.69, 9.17) is 0 Å². The molecule has 0 saturated carbocycles. The zero-order chi connectivity index (χ0) is 15.4. The second-order valence-corrected chi connectivity index (χ2v) is 4.99. The molecule has 2 amide bonds. The Balaban J connectivity index is 1.67. The van der Waals surface area contributed by atoms with Crippen molar-refractivity contribution in [3.63, 3.8) is 0 Å². The molecule has 3 rings (SSSR count). The highest BCUT2D eigenvalue weighted by Gasteiger charge is 2.16. The van der Waals surface area contributed by atoms with Crippen LogP contribution in [0.1, 0.15) is 10.5 Å². The third-order valence-corrected chi connectivity index (χ3v) is 3.43. The van der Waals surface area contributed by atoms with E-state index in [1.54, 1.807) is 24.4 Å². The zero-order valence-electron chi connectivity index (χ0n) is 12.0. The molecule has 1 aromatic carbocycles. The summed E-state index contributed by atoms with van der Waals surface area (Å²) in [6.07, 6.45) is 1.58. The quantitative estimate of drug-likeness (QED) is 0.894. The van der Waals surface area contributed by atoms with Crippen LogP contribution in [-0.2, 0) is 4.79 Å². The first-order valence-electron chi connectivity index (χ1n) is 7.06. The van der Waals surface area contributed by atoms with Crippen LogP contribution in [0.3, 0.4) is 0 Å². The van der Waals surface area contributed by atoms with Gasteiger partial charge in [-0.05, 0) is 36.4 Å². The standard InChI is InChI=1S/C16H16N4O2/c21-15-11-20(10-9-18-15)13-6-4-12(5-7-13)19-16(22)14-3-1-2-8-17-14/h1-8H,9-11H2,(H,18,21)(H,19,22). The minimum atomic E-state index is -0.245. The molecule has 0 bridgehead atoms. The highest BCUT2D eigenvalue weighted by molar-refractivity contribution is 6.02. The van der Waals surface area contributed by atoms with Gasteiger partial charge in [0.05, 0.1) is 6.54 Å². The molecule has 6 heteroatoms. The van der Waals surface area contributed by atoms with Gasteiger partial charge in [-0.2, -0.15) is 0 Å². The van der Waals surface area contributed by atoms with E-state index < -0.39 is 0 Å². The fraction of sp³-hybridized carbons (Fsp3) is 0.188. The lowest BCUT2D eigenvalue weighted by Crippen LogP contribution is -2.47. The Morgan fingerprint density at radius 1 is 1.18 bits per heavy atom. The lowest BCUT2D eigenvalue weighted by molar-refractivity contribution is -0.120. The van der Waals surface area contributed by atoms with E-state index in [1.807, 2.05) is 29.2 Å². The van der Waals surface area contributed by atoms with Crippen LogP contribution < -0.4 is 15.5 Å². The van der Waals surface area contributed by atoms with Crippen LogP contribution in [-0.4, -0.2) is 36.4 Å². The van der Waals surface area contributed by atoms with Crippen molar-refractivity contribution in [2.24, 2.45) is 0 Å². The van der Waals surface area contributed by atoms with Gasteiger partial charge in [0, 0.05) is 30.7 Å². The van der Waals surface area contributed by atoms with Gasteiger partial charge in [0.2, 0.25) is 5.91 Å². The molecule has 1 saturated heterocycles. The zero-order valence-corrected chi connectivity index (χ0v) is 12.0. The van der Waals surface area contributed by atoms with Crippen LogP contribution in [0, 0.1) is 0 Å². The number of piperazine rings is 1. The summed E-state index contributed by atoms with van der Waals surface area (Å²) in [5.74, 6) is -0.218. The fourth-order valence-electron chi connectivity index (χ4n) is 2.31. The number of nitrogens with zero attached hydrogens (tertiary/aromatic N) is 2. The van der Waals surface area contributed by atoms with Gasteiger partial charge in [-0.15, -0.1) is 0 Å². The van der Waals surface area contributed by atoms with Gasteiger partial charge in [-0.3, -0.25) is 14.6 Å². The SMILES string of the molecule is O=C1CN(c2ccc(NC(=O)c3ccccn3)cc2)CCN1. The van der Waals surface area contributed by atoms with Crippen LogP contribution in [0.25, 0.3) is 0 Å². The normalized spacial score (nSPS) is 14.4. The predicted octanol–water partition coefficient (Wildman–Crippen LogP) is 1.27. The van der Waals surface area contributed by atoms with E-state index in [9.17, 15) is 9.59 Å². The third-order valence-electron chi connectivity index (χ3n) is 3.43. The highest BCUT2D eigenvalue weighted by Crippen LogP contribution is 2.18. The molecule has 2 aromatic rings. The Morgan fingerprint density at radius 2 is 2.00 bits per heavy atom. The predicted molar refractivity (Wildman–Crippen MR) is 83.9 cm³/mol.